The van der Waals surface area contributed by atoms with Crippen LogP contribution in [0.2, 0.25) is 0 Å². The fraction of sp³-hybridized carbons (Fsp3) is 0.455. The second-order valence-electron chi connectivity index (χ2n) is 7.77. The Hall–Kier alpha value is -2.97. The van der Waals surface area contributed by atoms with Crippen LogP contribution in [0, 0.1) is 19.8 Å². The molecule has 0 saturated carbocycles. The van der Waals surface area contributed by atoms with Crippen molar-refractivity contribution in [3.63, 3.8) is 0 Å². The van der Waals surface area contributed by atoms with Gasteiger partial charge in [-0.1, -0.05) is 13.8 Å². The summed E-state index contributed by atoms with van der Waals surface area (Å²) in [6.45, 7) is 7.37. The van der Waals surface area contributed by atoms with Gasteiger partial charge in [0.2, 0.25) is 0 Å². The number of nitrogens with zero attached hydrogens (tertiary/aromatic N) is 2. The Labute approximate surface area is 179 Å². The zero-order chi connectivity index (χ0) is 23.3. The molecule has 0 radical (unpaired) electrons. The van der Waals surface area contributed by atoms with Crippen LogP contribution in [0.25, 0.3) is 0 Å². The Morgan fingerprint density at radius 1 is 1.13 bits per heavy atom. The van der Waals surface area contributed by atoms with Crippen LogP contribution >= 0.6 is 0 Å². The summed E-state index contributed by atoms with van der Waals surface area (Å²) < 4.78 is 41.7. The predicted molar refractivity (Wildman–Crippen MR) is 109 cm³/mol. The fourth-order valence-electron chi connectivity index (χ4n) is 2.82. The van der Waals surface area contributed by atoms with Gasteiger partial charge in [0.1, 0.15) is 17.2 Å². The number of ether oxygens (including phenoxy) is 1. The summed E-state index contributed by atoms with van der Waals surface area (Å²) in [5.41, 5.74) is 2.57. The van der Waals surface area contributed by atoms with Gasteiger partial charge in [-0.25, -0.2) is 4.98 Å². The SMILES string of the molecule is Cc1cc(C(C)NC(=O)c2cc(C)c(OCC(F)(F)F)cn2)cc(CC(=O)C(C)C)n1. The number of hydrogen-bond acceptors (Lipinski definition) is 5. The maximum absolute atomic E-state index is 12.6. The van der Waals surface area contributed by atoms with Crippen molar-refractivity contribution in [3.05, 3.63) is 52.6 Å². The average molecular weight is 437 g/mol. The van der Waals surface area contributed by atoms with Crippen LogP contribution in [-0.4, -0.2) is 34.4 Å². The molecular weight excluding hydrogens is 411 g/mol. The molecule has 0 fully saturated rings. The van der Waals surface area contributed by atoms with Crippen molar-refractivity contribution >= 4 is 11.7 Å². The smallest absolute Gasteiger partial charge is 0.422 e. The number of hydrogen-bond donors (Lipinski definition) is 1. The topological polar surface area (TPSA) is 81.2 Å². The number of Topliss-reactive ketones (excluding diaryl/α,β-unsaturated/α-hetero) is 1. The fourth-order valence-corrected chi connectivity index (χ4v) is 2.82. The monoisotopic (exact) mass is 437 g/mol. The van der Waals surface area contributed by atoms with E-state index in [0.717, 1.165) is 17.5 Å². The first-order valence-electron chi connectivity index (χ1n) is 9.83. The Morgan fingerprint density at radius 3 is 2.39 bits per heavy atom. The first kappa shape index (κ1) is 24.3. The lowest BCUT2D eigenvalue weighted by molar-refractivity contribution is -0.153. The normalized spacial score (nSPS) is 12.5. The number of carbonyl (C=O) groups is 2. The molecule has 2 aromatic heterocycles. The van der Waals surface area contributed by atoms with Gasteiger partial charge in [-0.15, -0.1) is 0 Å². The predicted octanol–water partition coefficient (Wildman–Crippen LogP) is 4.29. The highest BCUT2D eigenvalue weighted by molar-refractivity contribution is 5.92. The third kappa shape index (κ3) is 7.34. The van der Waals surface area contributed by atoms with E-state index in [2.05, 4.69) is 15.3 Å². The van der Waals surface area contributed by atoms with Gasteiger partial charge in [0.05, 0.1) is 12.2 Å². The number of nitrogens with one attached hydrogen (secondary N) is 1. The molecule has 1 amide bonds. The van der Waals surface area contributed by atoms with Gasteiger partial charge >= 0.3 is 6.18 Å². The van der Waals surface area contributed by atoms with Crippen molar-refractivity contribution in [2.45, 2.75) is 53.3 Å². The van der Waals surface area contributed by atoms with Crippen molar-refractivity contribution in [3.8, 4) is 5.75 Å². The number of carbonyl (C=O) groups excluding carboxylic acids is 2. The van der Waals surface area contributed by atoms with Gasteiger partial charge in [-0.3, -0.25) is 14.6 Å². The number of alkyl halides is 3. The Morgan fingerprint density at radius 2 is 1.81 bits per heavy atom. The summed E-state index contributed by atoms with van der Waals surface area (Å²) in [7, 11) is 0. The Bertz CT molecular complexity index is 959. The largest absolute Gasteiger partial charge is 0.482 e. The van der Waals surface area contributed by atoms with Crippen LogP contribution in [0.5, 0.6) is 5.75 Å². The quantitative estimate of drug-likeness (QED) is 0.666. The van der Waals surface area contributed by atoms with Gasteiger partial charge in [-0.2, -0.15) is 13.2 Å². The second-order valence-corrected chi connectivity index (χ2v) is 7.77. The molecule has 0 aliphatic heterocycles. The van der Waals surface area contributed by atoms with Gasteiger partial charge in [0.25, 0.3) is 5.91 Å². The summed E-state index contributed by atoms with van der Waals surface area (Å²) >= 11 is 0. The molecule has 1 atom stereocenters. The third-order valence-corrected chi connectivity index (χ3v) is 4.56. The maximum atomic E-state index is 12.6. The molecule has 2 heterocycles. The number of amides is 1. The highest BCUT2D eigenvalue weighted by atomic mass is 19.4. The lowest BCUT2D eigenvalue weighted by atomic mass is 10.0. The Balaban J connectivity index is 2.11. The van der Waals surface area contributed by atoms with Crippen LogP contribution in [0.4, 0.5) is 13.2 Å². The molecule has 1 unspecified atom stereocenters. The van der Waals surface area contributed by atoms with E-state index in [9.17, 15) is 22.8 Å². The van der Waals surface area contributed by atoms with E-state index in [1.165, 1.54) is 13.0 Å². The highest BCUT2D eigenvalue weighted by Crippen LogP contribution is 2.22. The lowest BCUT2D eigenvalue weighted by Gasteiger charge is -2.17. The molecule has 0 aliphatic rings. The van der Waals surface area contributed by atoms with Crippen molar-refractivity contribution in [1.82, 2.24) is 15.3 Å². The van der Waals surface area contributed by atoms with Crippen LogP contribution < -0.4 is 10.1 Å². The molecule has 6 nitrogen and oxygen atoms in total. The van der Waals surface area contributed by atoms with E-state index < -0.39 is 24.7 Å². The number of pyridine rings is 2. The van der Waals surface area contributed by atoms with Crippen LogP contribution in [0.15, 0.2) is 24.4 Å². The van der Waals surface area contributed by atoms with Crippen molar-refractivity contribution in [1.29, 1.82) is 0 Å². The molecule has 168 valence electrons. The zero-order valence-corrected chi connectivity index (χ0v) is 18.1. The number of halogens is 3. The van der Waals surface area contributed by atoms with E-state index in [-0.39, 0.29) is 29.6 Å². The summed E-state index contributed by atoms with van der Waals surface area (Å²) in [5, 5.41) is 2.81. The zero-order valence-electron chi connectivity index (χ0n) is 18.1. The molecule has 2 rings (SSSR count). The molecule has 0 aromatic carbocycles. The minimum absolute atomic E-state index is 0.0360. The standard InChI is InChI=1S/C22H26F3N3O3/c1-12(2)19(29)9-17-8-16(7-14(4)27-17)15(5)28-21(30)18-6-13(3)20(10-26-18)31-11-22(23,24)25/h6-8,10,12,15H,9,11H2,1-5H3,(H,28,30). The summed E-state index contributed by atoms with van der Waals surface area (Å²) in [5.74, 6) is -0.535. The molecule has 1 N–H and O–H groups in total. The Kier molecular flexibility index (Phi) is 7.75. The molecule has 9 heteroatoms. The maximum Gasteiger partial charge on any atom is 0.422 e. The minimum atomic E-state index is -4.46. The molecule has 0 aliphatic carbocycles. The number of rotatable bonds is 8. The van der Waals surface area contributed by atoms with Gasteiger partial charge in [-0.05, 0) is 50.1 Å². The van der Waals surface area contributed by atoms with Crippen LogP contribution in [0.1, 0.15) is 59.8 Å². The van der Waals surface area contributed by atoms with E-state index in [0.29, 0.717) is 11.3 Å². The number of ketones is 1. The van der Waals surface area contributed by atoms with Crippen molar-refractivity contribution in [2.24, 2.45) is 5.92 Å². The first-order chi connectivity index (χ1) is 14.4. The van der Waals surface area contributed by atoms with Crippen LogP contribution in [-0.2, 0) is 11.2 Å². The summed E-state index contributed by atoms with van der Waals surface area (Å²) in [6, 6.07) is 4.58. The van der Waals surface area contributed by atoms with Crippen molar-refractivity contribution in [2.75, 3.05) is 6.61 Å². The number of aromatic nitrogens is 2. The van der Waals surface area contributed by atoms with Crippen LogP contribution in [0.3, 0.4) is 0 Å². The molecule has 0 spiro atoms. The molecule has 31 heavy (non-hydrogen) atoms. The minimum Gasteiger partial charge on any atom is -0.482 e. The van der Waals surface area contributed by atoms with E-state index in [1.54, 1.807) is 13.0 Å². The first-order valence-corrected chi connectivity index (χ1v) is 9.83. The van der Waals surface area contributed by atoms with Crippen molar-refractivity contribution < 1.29 is 27.5 Å². The third-order valence-electron chi connectivity index (χ3n) is 4.56. The van der Waals surface area contributed by atoms with Gasteiger partial charge in [0, 0.05) is 23.7 Å². The lowest BCUT2D eigenvalue weighted by Crippen LogP contribution is -2.28. The van der Waals surface area contributed by atoms with E-state index in [4.69, 9.17) is 4.74 Å². The molecular formula is C22H26F3N3O3. The molecule has 0 saturated heterocycles. The average Bonchev–Trinajstić information content (AvgIpc) is 2.65. The highest BCUT2D eigenvalue weighted by Gasteiger charge is 2.29. The summed E-state index contributed by atoms with van der Waals surface area (Å²) in [6.07, 6.45) is -3.14. The summed E-state index contributed by atoms with van der Waals surface area (Å²) in [4.78, 5) is 32.9. The number of aryl methyl sites for hydroxylation is 2. The van der Waals surface area contributed by atoms with Gasteiger partial charge in [0.15, 0.2) is 6.61 Å². The van der Waals surface area contributed by atoms with E-state index >= 15 is 0 Å². The molecule has 2 aromatic rings. The molecule has 0 bridgehead atoms. The van der Waals surface area contributed by atoms with Gasteiger partial charge < -0.3 is 10.1 Å². The van der Waals surface area contributed by atoms with E-state index in [1.807, 2.05) is 26.8 Å². The second kappa shape index (κ2) is 9.89.